The van der Waals surface area contributed by atoms with Crippen LogP contribution in [0.1, 0.15) is 59.3 Å². The van der Waals surface area contributed by atoms with Crippen molar-refractivity contribution in [3.63, 3.8) is 0 Å². The van der Waals surface area contributed by atoms with Gasteiger partial charge in [0.15, 0.2) is 5.78 Å². The highest BCUT2D eigenvalue weighted by Crippen LogP contribution is 2.66. The molecule has 2 fully saturated rings. The van der Waals surface area contributed by atoms with Crippen LogP contribution in [0, 0.1) is 40.4 Å². The van der Waals surface area contributed by atoms with Gasteiger partial charge in [0.25, 0.3) is 0 Å². The van der Waals surface area contributed by atoms with E-state index in [1.165, 1.54) is 37.7 Å². The van der Waals surface area contributed by atoms with Crippen LogP contribution in [0.25, 0.3) is 0 Å². The third kappa shape index (κ3) is 2.01. The molecule has 132 valence electrons. The van der Waals surface area contributed by atoms with Crippen molar-refractivity contribution >= 4 is 5.78 Å². The highest BCUT2D eigenvalue weighted by atomic mass is 16.1. The third-order valence-corrected chi connectivity index (χ3v) is 8.81. The minimum atomic E-state index is 0.105. The van der Waals surface area contributed by atoms with E-state index >= 15 is 0 Å². The quantitative estimate of drug-likeness (QED) is 0.811. The van der Waals surface area contributed by atoms with Crippen LogP contribution < -0.4 is 5.73 Å². The van der Waals surface area contributed by atoms with E-state index < -0.39 is 0 Å². The van der Waals surface area contributed by atoms with Crippen LogP contribution in [0.3, 0.4) is 0 Å². The molecule has 0 amide bonds. The first-order valence-electron chi connectivity index (χ1n) is 10.1. The van der Waals surface area contributed by atoms with Gasteiger partial charge in [0.05, 0.1) is 0 Å². The van der Waals surface area contributed by atoms with E-state index in [4.69, 9.17) is 5.73 Å². The minimum absolute atomic E-state index is 0.105. The Morgan fingerprint density at radius 1 is 1.17 bits per heavy atom. The molecule has 0 bridgehead atoms. The van der Waals surface area contributed by atoms with Gasteiger partial charge in [-0.3, -0.25) is 4.79 Å². The number of carbonyl (C=O) groups is 1. The molecule has 0 aromatic rings. The fraction of sp³-hybridized carbons (Fsp3) is 0.773. The number of rotatable bonds is 2. The minimum Gasteiger partial charge on any atom is -0.330 e. The van der Waals surface area contributed by atoms with Crippen LogP contribution in [-0.4, -0.2) is 12.3 Å². The molecule has 2 nitrogen and oxygen atoms in total. The van der Waals surface area contributed by atoms with Crippen molar-refractivity contribution in [2.24, 2.45) is 46.2 Å². The molecule has 1 unspecified atom stereocenters. The summed E-state index contributed by atoms with van der Waals surface area (Å²) in [6, 6.07) is 0. The molecule has 4 rings (SSSR count). The van der Waals surface area contributed by atoms with E-state index in [2.05, 4.69) is 32.9 Å². The lowest BCUT2D eigenvalue weighted by Crippen LogP contribution is -2.53. The third-order valence-electron chi connectivity index (χ3n) is 8.81. The van der Waals surface area contributed by atoms with Gasteiger partial charge in [-0.15, -0.1) is 0 Å². The van der Waals surface area contributed by atoms with E-state index in [9.17, 15) is 4.79 Å². The largest absolute Gasteiger partial charge is 0.330 e. The van der Waals surface area contributed by atoms with Crippen LogP contribution >= 0.6 is 0 Å². The van der Waals surface area contributed by atoms with E-state index in [0.29, 0.717) is 36.1 Å². The monoisotopic (exact) mass is 327 g/mol. The Balaban J connectivity index is 1.75. The zero-order valence-corrected chi connectivity index (χ0v) is 15.6. The molecule has 0 spiro atoms. The molecule has 2 N–H and O–H groups in total. The molecule has 7 atom stereocenters. The van der Waals surface area contributed by atoms with Crippen LogP contribution in [0.5, 0.6) is 0 Å². The van der Waals surface area contributed by atoms with Gasteiger partial charge < -0.3 is 5.73 Å². The van der Waals surface area contributed by atoms with Crippen LogP contribution in [0.2, 0.25) is 0 Å². The zero-order chi connectivity index (χ0) is 17.1. The maximum atomic E-state index is 12.1. The van der Waals surface area contributed by atoms with Gasteiger partial charge >= 0.3 is 0 Å². The predicted octanol–water partition coefficient (Wildman–Crippen LogP) is 4.51. The lowest BCUT2D eigenvalue weighted by Gasteiger charge is -2.58. The molecular weight excluding hydrogens is 294 g/mol. The zero-order valence-electron chi connectivity index (χ0n) is 15.6. The molecule has 4 aliphatic carbocycles. The van der Waals surface area contributed by atoms with Crippen LogP contribution in [0.15, 0.2) is 23.8 Å². The van der Waals surface area contributed by atoms with Crippen LogP contribution in [-0.2, 0) is 4.79 Å². The molecule has 0 saturated heterocycles. The molecular formula is C22H33NO. The Hall–Kier alpha value is -0.890. The molecule has 24 heavy (non-hydrogen) atoms. The Kier molecular flexibility index (Phi) is 3.84. The van der Waals surface area contributed by atoms with E-state index in [1.807, 2.05) is 6.08 Å². The molecule has 4 aliphatic rings. The fourth-order valence-corrected chi connectivity index (χ4v) is 7.31. The first kappa shape index (κ1) is 16.6. The number of hydrogen-bond acceptors (Lipinski definition) is 2. The lowest BCUT2D eigenvalue weighted by atomic mass is 9.46. The second-order valence-corrected chi connectivity index (χ2v) is 9.36. The second kappa shape index (κ2) is 5.56. The number of nitrogens with two attached hydrogens (primary N) is 1. The first-order chi connectivity index (χ1) is 11.4. The molecule has 0 radical (unpaired) electrons. The normalized spacial score (nSPS) is 50.1. The molecule has 0 aliphatic heterocycles. The molecule has 2 saturated carbocycles. The maximum Gasteiger partial charge on any atom is 0.156 e. The Morgan fingerprint density at radius 2 is 1.96 bits per heavy atom. The van der Waals surface area contributed by atoms with Crippen LogP contribution in [0.4, 0.5) is 0 Å². The number of carbonyl (C=O) groups excluding carboxylic acids is 1. The van der Waals surface area contributed by atoms with Gasteiger partial charge in [0, 0.05) is 11.8 Å². The van der Waals surface area contributed by atoms with Gasteiger partial charge in [0.2, 0.25) is 0 Å². The summed E-state index contributed by atoms with van der Waals surface area (Å²) in [5, 5.41) is 0. The Bertz CT molecular complexity index is 605. The molecule has 0 heterocycles. The average Bonchev–Trinajstić information content (AvgIpc) is 2.91. The van der Waals surface area contributed by atoms with E-state index in [-0.39, 0.29) is 11.2 Å². The maximum absolute atomic E-state index is 12.1. The standard InChI is InChI=1S/C22H33NO/c1-4-14-6-8-19-18-7-5-15-11-17(24)12-16(13-23)22(15,3)20(18)9-10-21(14,19)2/h5,7,11,14,16,18-20H,4,6,8-10,12-13,23H2,1-3H3/t14-,16?,18-,19-,20-,21+,22+/m0/s1. The summed E-state index contributed by atoms with van der Waals surface area (Å²) >= 11 is 0. The fourth-order valence-electron chi connectivity index (χ4n) is 7.31. The van der Waals surface area contributed by atoms with E-state index in [1.54, 1.807) is 0 Å². The summed E-state index contributed by atoms with van der Waals surface area (Å²) < 4.78 is 0. The SMILES string of the molecule is CC[C@H]1CC[C@H]2[C@@H]3C=CC4=CC(=O)CC(CN)[C@]4(C)[C@H]3CC[C@]12C. The second-order valence-electron chi connectivity index (χ2n) is 9.36. The van der Waals surface area contributed by atoms with Gasteiger partial charge in [-0.2, -0.15) is 0 Å². The van der Waals surface area contributed by atoms with Gasteiger partial charge in [-0.05, 0) is 78.9 Å². The van der Waals surface area contributed by atoms with Gasteiger partial charge in [-0.25, -0.2) is 0 Å². The predicted molar refractivity (Wildman–Crippen MR) is 98.3 cm³/mol. The van der Waals surface area contributed by atoms with Crippen molar-refractivity contribution in [2.75, 3.05) is 6.54 Å². The summed E-state index contributed by atoms with van der Waals surface area (Å²) in [5.41, 5.74) is 8.05. The van der Waals surface area contributed by atoms with Crippen molar-refractivity contribution in [2.45, 2.75) is 59.3 Å². The first-order valence-corrected chi connectivity index (χ1v) is 10.1. The number of allylic oxidation sites excluding steroid dienone is 4. The van der Waals surface area contributed by atoms with Crippen molar-refractivity contribution in [3.8, 4) is 0 Å². The number of fused-ring (bicyclic) bond motifs is 5. The van der Waals surface area contributed by atoms with Crippen molar-refractivity contribution in [1.29, 1.82) is 0 Å². The van der Waals surface area contributed by atoms with Crippen molar-refractivity contribution < 1.29 is 4.79 Å². The summed E-state index contributed by atoms with van der Waals surface area (Å²) in [6.07, 6.45) is 14.1. The summed E-state index contributed by atoms with van der Waals surface area (Å²) in [6.45, 7) is 8.00. The highest BCUT2D eigenvalue weighted by molar-refractivity contribution is 5.92. The molecule has 0 aromatic carbocycles. The Morgan fingerprint density at radius 3 is 2.67 bits per heavy atom. The lowest BCUT2D eigenvalue weighted by molar-refractivity contribution is -0.118. The average molecular weight is 328 g/mol. The van der Waals surface area contributed by atoms with Gasteiger partial charge in [-0.1, -0.05) is 39.3 Å². The molecule has 0 aromatic heterocycles. The van der Waals surface area contributed by atoms with E-state index in [0.717, 1.165) is 11.8 Å². The smallest absolute Gasteiger partial charge is 0.156 e. The number of hydrogen-bond donors (Lipinski definition) is 1. The summed E-state index contributed by atoms with van der Waals surface area (Å²) in [7, 11) is 0. The van der Waals surface area contributed by atoms with Gasteiger partial charge in [0.1, 0.15) is 0 Å². The van der Waals surface area contributed by atoms with Crippen molar-refractivity contribution in [3.05, 3.63) is 23.8 Å². The van der Waals surface area contributed by atoms with Crippen molar-refractivity contribution in [1.82, 2.24) is 0 Å². The molecule has 2 heteroatoms. The topological polar surface area (TPSA) is 43.1 Å². The number of ketones is 1. The highest BCUT2D eigenvalue weighted by Gasteiger charge is 2.59. The summed E-state index contributed by atoms with van der Waals surface area (Å²) in [4.78, 5) is 12.1. The summed E-state index contributed by atoms with van der Waals surface area (Å²) in [5.74, 6) is 3.67. The Labute approximate surface area is 147 Å².